The van der Waals surface area contributed by atoms with E-state index in [0.717, 1.165) is 0 Å². The Balaban J connectivity index is 2.33. The third-order valence-corrected chi connectivity index (χ3v) is 2.42. The van der Waals surface area contributed by atoms with Crippen molar-refractivity contribution in [1.29, 1.82) is 0 Å². The lowest BCUT2D eigenvalue weighted by Gasteiger charge is -2.08. The summed E-state index contributed by atoms with van der Waals surface area (Å²) in [6, 6.07) is 4.00. The Morgan fingerprint density at radius 1 is 1.47 bits per heavy atom. The number of amides is 1. The van der Waals surface area contributed by atoms with E-state index in [-0.39, 0.29) is 11.3 Å². The summed E-state index contributed by atoms with van der Waals surface area (Å²) in [7, 11) is 1.62. The van der Waals surface area contributed by atoms with Crippen molar-refractivity contribution in [2.45, 2.75) is 0 Å². The number of carbonyl (C=O) groups excluding carboxylic acids is 1. The lowest BCUT2D eigenvalue weighted by molar-refractivity contribution is -0.384. The predicted molar refractivity (Wildman–Crippen MR) is 67.1 cm³/mol. The van der Waals surface area contributed by atoms with Gasteiger partial charge in [0, 0.05) is 24.9 Å². The molecule has 0 bridgehead atoms. The average molecular weight is 262 g/mol. The van der Waals surface area contributed by atoms with Crippen LogP contribution in [-0.4, -0.2) is 23.0 Å². The molecule has 0 saturated heterocycles. The van der Waals surface area contributed by atoms with Crippen LogP contribution in [0.15, 0.2) is 35.2 Å². The van der Waals surface area contributed by atoms with Crippen LogP contribution in [0.1, 0.15) is 10.4 Å². The number of anilines is 2. The molecule has 0 radical (unpaired) electrons. The van der Waals surface area contributed by atoms with Crippen LogP contribution in [0.5, 0.6) is 0 Å². The first-order valence-electron chi connectivity index (χ1n) is 5.28. The van der Waals surface area contributed by atoms with E-state index < -0.39 is 10.8 Å². The first-order valence-corrected chi connectivity index (χ1v) is 5.28. The number of non-ortho nitro benzene ring substituents is 1. The van der Waals surface area contributed by atoms with Crippen molar-refractivity contribution < 1.29 is 14.2 Å². The summed E-state index contributed by atoms with van der Waals surface area (Å²) in [6.07, 6.45) is 2.59. The molecule has 0 fully saturated rings. The number of aromatic nitrogens is 1. The molecule has 1 aromatic carbocycles. The van der Waals surface area contributed by atoms with Gasteiger partial charge < -0.3 is 15.2 Å². The smallest absolute Gasteiger partial charge is 0.270 e. The van der Waals surface area contributed by atoms with Gasteiger partial charge in [-0.15, -0.1) is 0 Å². The van der Waals surface area contributed by atoms with Crippen molar-refractivity contribution in [2.24, 2.45) is 0 Å². The number of nitro benzene ring substituents is 1. The maximum absolute atomic E-state index is 12.0. The number of rotatable bonds is 4. The molecule has 2 N–H and O–H groups in total. The fourth-order valence-corrected chi connectivity index (χ4v) is 1.52. The normalized spacial score (nSPS) is 9.95. The molecule has 0 aliphatic heterocycles. The number of carbonyl (C=O) groups is 1. The van der Waals surface area contributed by atoms with E-state index in [2.05, 4.69) is 20.3 Å². The molecular formula is C11H10N4O4. The highest BCUT2D eigenvalue weighted by Gasteiger charge is 2.16. The summed E-state index contributed by atoms with van der Waals surface area (Å²) in [6.45, 7) is 0. The molecule has 8 heteroatoms. The van der Waals surface area contributed by atoms with E-state index in [1.165, 1.54) is 30.7 Å². The summed E-state index contributed by atoms with van der Waals surface area (Å²) in [4.78, 5) is 22.2. The molecule has 1 heterocycles. The average Bonchev–Trinajstić information content (AvgIpc) is 2.90. The Morgan fingerprint density at radius 2 is 2.26 bits per heavy atom. The van der Waals surface area contributed by atoms with Crippen LogP contribution >= 0.6 is 0 Å². The number of benzene rings is 1. The van der Waals surface area contributed by atoms with Crippen LogP contribution in [0.4, 0.5) is 17.1 Å². The van der Waals surface area contributed by atoms with Crippen molar-refractivity contribution >= 4 is 23.0 Å². The lowest BCUT2D eigenvalue weighted by atomic mass is 10.1. The fraction of sp³-hybridized carbons (Fsp3) is 0.0909. The zero-order valence-corrected chi connectivity index (χ0v) is 9.91. The van der Waals surface area contributed by atoms with Crippen molar-refractivity contribution in [3.8, 4) is 0 Å². The molecule has 1 amide bonds. The van der Waals surface area contributed by atoms with E-state index >= 15 is 0 Å². The highest BCUT2D eigenvalue weighted by atomic mass is 16.6. The van der Waals surface area contributed by atoms with Crippen molar-refractivity contribution in [3.05, 3.63) is 46.3 Å². The second-order valence-electron chi connectivity index (χ2n) is 3.60. The number of nitrogens with one attached hydrogen (secondary N) is 2. The zero-order chi connectivity index (χ0) is 13.8. The molecule has 2 rings (SSSR count). The van der Waals surface area contributed by atoms with E-state index in [9.17, 15) is 14.9 Å². The highest BCUT2D eigenvalue weighted by Crippen LogP contribution is 2.22. The summed E-state index contributed by atoms with van der Waals surface area (Å²) in [5.41, 5.74) is 0.866. The molecule has 2 aromatic rings. The van der Waals surface area contributed by atoms with Gasteiger partial charge in [-0.1, -0.05) is 5.16 Å². The van der Waals surface area contributed by atoms with Gasteiger partial charge in [0.15, 0.2) is 0 Å². The summed E-state index contributed by atoms with van der Waals surface area (Å²) >= 11 is 0. The molecule has 0 aliphatic carbocycles. The Morgan fingerprint density at radius 3 is 2.84 bits per heavy atom. The Kier molecular flexibility index (Phi) is 3.42. The monoisotopic (exact) mass is 262 g/mol. The van der Waals surface area contributed by atoms with Crippen LogP contribution in [0.25, 0.3) is 0 Å². The van der Waals surface area contributed by atoms with Crippen LogP contribution < -0.4 is 10.6 Å². The maximum Gasteiger partial charge on any atom is 0.270 e. The number of nitrogens with zero attached hydrogens (tertiary/aromatic N) is 2. The van der Waals surface area contributed by atoms with Crippen molar-refractivity contribution in [2.75, 3.05) is 17.7 Å². The standard InChI is InChI=1S/C11H10N4O4/c1-12-10-3-2-8(15(17)18)4-9(10)11(16)14-7-5-13-19-6-7/h2-6,12H,1H3,(H,14,16). The quantitative estimate of drug-likeness (QED) is 0.642. The minimum atomic E-state index is -0.560. The van der Waals surface area contributed by atoms with Gasteiger partial charge >= 0.3 is 0 Å². The second kappa shape index (κ2) is 5.17. The van der Waals surface area contributed by atoms with Gasteiger partial charge in [-0.2, -0.15) is 0 Å². The van der Waals surface area contributed by atoms with E-state index in [4.69, 9.17) is 0 Å². The van der Waals surface area contributed by atoms with E-state index in [1.807, 2.05) is 0 Å². The Hall–Kier alpha value is -2.90. The third-order valence-electron chi connectivity index (χ3n) is 2.42. The number of hydrogen-bond acceptors (Lipinski definition) is 6. The molecule has 0 spiro atoms. The zero-order valence-electron chi connectivity index (χ0n) is 9.91. The predicted octanol–water partition coefficient (Wildman–Crippen LogP) is 1.88. The van der Waals surface area contributed by atoms with Gasteiger partial charge in [-0.25, -0.2) is 0 Å². The molecule has 8 nitrogen and oxygen atoms in total. The number of nitro groups is 1. The first kappa shape index (κ1) is 12.6. The third kappa shape index (κ3) is 2.68. The first-order chi connectivity index (χ1) is 9.11. The Labute approximate surface area is 107 Å². The van der Waals surface area contributed by atoms with Gasteiger partial charge in [0.25, 0.3) is 11.6 Å². The van der Waals surface area contributed by atoms with E-state index in [1.54, 1.807) is 7.05 Å². The highest BCUT2D eigenvalue weighted by molar-refractivity contribution is 6.08. The summed E-state index contributed by atoms with van der Waals surface area (Å²) in [5, 5.41) is 19.5. The lowest BCUT2D eigenvalue weighted by Crippen LogP contribution is -2.14. The molecule has 0 atom stereocenters. The minimum Gasteiger partial charge on any atom is -0.387 e. The molecular weight excluding hydrogens is 252 g/mol. The van der Waals surface area contributed by atoms with Gasteiger partial charge in [0.2, 0.25) is 0 Å². The molecule has 0 aliphatic rings. The van der Waals surface area contributed by atoms with Crippen LogP contribution in [0.3, 0.4) is 0 Å². The van der Waals surface area contributed by atoms with Crippen LogP contribution in [0.2, 0.25) is 0 Å². The SMILES string of the molecule is CNc1ccc([N+](=O)[O-])cc1C(=O)Nc1cnoc1. The van der Waals surface area contributed by atoms with E-state index in [0.29, 0.717) is 11.4 Å². The van der Waals surface area contributed by atoms with Crippen molar-refractivity contribution in [3.63, 3.8) is 0 Å². The molecule has 0 unspecified atom stereocenters. The number of hydrogen-bond donors (Lipinski definition) is 2. The second-order valence-corrected chi connectivity index (χ2v) is 3.60. The van der Waals surface area contributed by atoms with Gasteiger partial charge in [-0.05, 0) is 6.07 Å². The fourth-order valence-electron chi connectivity index (χ4n) is 1.52. The Bertz CT molecular complexity index is 609. The minimum absolute atomic E-state index is 0.158. The molecule has 98 valence electrons. The van der Waals surface area contributed by atoms with Crippen molar-refractivity contribution in [1.82, 2.24) is 5.16 Å². The molecule has 1 aromatic heterocycles. The summed E-state index contributed by atoms with van der Waals surface area (Å²) in [5.74, 6) is -0.490. The van der Waals surface area contributed by atoms with Gasteiger partial charge in [0.05, 0.1) is 16.7 Å². The van der Waals surface area contributed by atoms with Gasteiger partial charge in [0.1, 0.15) is 12.0 Å². The maximum atomic E-state index is 12.0. The summed E-state index contributed by atoms with van der Waals surface area (Å²) < 4.78 is 4.58. The topological polar surface area (TPSA) is 110 Å². The molecule has 0 saturated carbocycles. The largest absolute Gasteiger partial charge is 0.387 e. The van der Waals surface area contributed by atoms with Crippen LogP contribution in [-0.2, 0) is 0 Å². The van der Waals surface area contributed by atoms with Crippen LogP contribution in [0, 0.1) is 10.1 Å². The molecule has 19 heavy (non-hydrogen) atoms. The van der Waals surface area contributed by atoms with Gasteiger partial charge in [-0.3, -0.25) is 14.9 Å².